The molecule has 28 heavy (non-hydrogen) atoms. The molecule has 0 bridgehead atoms. The van der Waals surface area contributed by atoms with Gasteiger partial charge in [-0.05, 0) is 44.7 Å². The third kappa shape index (κ3) is 3.67. The molecule has 4 heterocycles. The first-order valence-electron chi connectivity index (χ1n) is 9.70. The summed E-state index contributed by atoms with van der Waals surface area (Å²) < 4.78 is 7.19. The molecule has 3 aromatic rings. The fourth-order valence-corrected chi connectivity index (χ4v) is 3.69. The van der Waals surface area contributed by atoms with Crippen LogP contribution in [0.5, 0.6) is 0 Å². The summed E-state index contributed by atoms with van der Waals surface area (Å²) in [5.41, 5.74) is 2.47. The molecule has 8 heteroatoms. The predicted molar refractivity (Wildman–Crippen MR) is 102 cm³/mol. The number of carbonyl (C=O) groups excluding carboxylic acids is 1. The molecular weight excluding hydrogens is 356 g/mol. The van der Waals surface area contributed by atoms with Gasteiger partial charge < -0.3 is 9.42 Å². The summed E-state index contributed by atoms with van der Waals surface area (Å²) in [4.78, 5) is 23.3. The molecule has 146 valence electrons. The molecule has 0 radical (unpaired) electrons. The van der Waals surface area contributed by atoms with Crippen molar-refractivity contribution in [3.63, 3.8) is 0 Å². The van der Waals surface area contributed by atoms with E-state index in [1.807, 2.05) is 35.6 Å². The summed E-state index contributed by atoms with van der Waals surface area (Å²) in [6.45, 7) is 6.30. The van der Waals surface area contributed by atoms with Crippen LogP contribution in [0.25, 0.3) is 11.5 Å². The van der Waals surface area contributed by atoms with Crippen molar-refractivity contribution in [3.05, 3.63) is 47.8 Å². The SMILES string of the molecule is CCn1ncc(C(=O)N2CCC(CCc3noc(-c4cccnc4)n3)C2)c1C. The second-order valence-corrected chi connectivity index (χ2v) is 7.16. The van der Waals surface area contributed by atoms with E-state index in [0.29, 0.717) is 23.2 Å². The molecule has 0 N–H and O–H groups in total. The topological polar surface area (TPSA) is 89.9 Å². The van der Waals surface area contributed by atoms with Gasteiger partial charge in [0.25, 0.3) is 11.8 Å². The molecule has 1 saturated heterocycles. The van der Waals surface area contributed by atoms with Gasteiger partial charge in [0.05, 0.1) is 17.3 Å². The van der Waals surface area contributed by atoms with Gasteiger partial charge >= 0.3 is 0 Å². The zero-order valence-corrected chi connectivity index (χ0v) is 16.2. The summed E-state index contributed by atoms with van der Waals surface area (Å²) in [5, 5.41) is 8.36. The third-order valence-corrected chi connectivity index (χ3v) is 5.36. The van der Waals surface area contributed by atoms with E-state index in [9.17, 15) is 4.79 Å². The van der Waals surface area contributed by atoms with E-state index in [-0.39, 0.29) is 5.91 Å². The Morgan fingerprint density at radius 2 is 2.25 bits per heavy atom. The minimum Gasteiger partial charge on any atom is -0.338 e. The van der Waals surface area contributed by atoms with E-state index < -0.39 is 0 Å². The number of rotatable bonds is 6. The minimum atomic E-state index is 0.0816. The van der Waals surface area contributed by atoms with Crippen molar-refractivity contribution >= 4 is 5.91 Å². The number of hydrogen-bond donors (Lipinski definition) is 0. The number of hydrogen-bond acceptors (Lipinski definition) is 6. The standard InChI is InChI=1S/C20H24N6O2/c1-3-26-14(2)17(12-22-26)20(27)25-10-8-15(13-25)6-7-18-23-19(28-24-18)16-5-4-9-21-11-16/h4-5,9,11-12,15H,3,6-8,10,13H2,1-2H3. The van der Waals surface area contributed by atoms with E-state index in [0.717, 1.165) is 50.2 Å². The number of amides is 1. The van der Waals surface area contributed by atoms with Crippen LogP contribution in [0, 0.1) is 12.8 Å². The molecule has 1 fully saturated rings. The van der Waals surface area contributed by atoms with Crippen molar-refractivity contribution in [2.75, 3.05) is 13.1 Å². The first-order chi connectivity index (χ1) is 13.7. The van der Waals surface area contributed by atoms with E-state index >= 15 is 0 Å². The van der Waals surface area contributed by atoms with Crippen molar-refractivity contribution < 1.29 is 9.32 Å². The van der Waals surface area contributed by atoms with Crippen LogP contribution in [0.1, 0.15) is 41.6 Å². The predicted octanol–water partition coefficient (Wildman–Crippen LogP) is 2.75. The van der Waals surface area contributed by atoms with E-state index in [1.165, 1.54) is 0 Å². The largest absolute Gasteiger partial charge is 0.338 e. The van der Waals surface area contributed by atoms with Gasteiger partial charge in [-0.15, -0.1) is 0 Å². The third-order valence-electron chi connectivity index (χ3n) is 5.36. The fourth-order valence-electron chi connectivity index (χ4n) is 3.69. The van der Waals surface area contributed by atoms with Gasteiger partial charge in [-0.1, -0.05) is 5.16 Å². The van der Waals surface area contributed by atoms with Crippen LogP contribution in [0.3, 0.4) is 0 Å². The van der Waals surface area contributed by atoms with Crippen molar-refractivity contribution in [2.24, 2.45) is 5.92 Å². The summed E-state index contributed by atoms with van der Waals surface area (Å²) >= 11 is 0. The molecule has 1 atom stereocenters. The van der Waals surface area contributed by atoms with Gasteiger partial charge in [-0.2, -0.15) is 10.1 Å². The molecule has 1 amide bonds. The Balaban J connectivity index is 1.32. The van der Waals surface area contributed by atoms with E-state index in [1.54, 1.807) is 18.6 Å². The average Bonchev–Trinajstić information content (AvgIpc) is 3.46. The summed E-state index contributed by atoms with van der Waals surface area (Å²) in [6, 6.07) is 3.74. The highest BCUT2D eigenvalue weighted by molar-refractivity contribution is 5.95. The van der Waals surface area contributed by atoms with Crippen molar-refractivity contribution in [2.45, 2.75) is 39.7 Å². The monoisotopic (exact) mass is 380 g/mol. The van der Waals surface area contributed by atoms with Gasteiger partial charge in [0.15, 0.2) is 5.82 Å². The van der Waals surface area contributed by atoms with Crippen LogP contribution in [-0.2, 0) is 13.0 Å². The first kappa shape index (κ1) is 18.3. The van der Waals surface area contributed by atoms with E-state index in [4.69, 9.17) is 4.52 Å². The maximum atomic E-state index is 12.8. The Morgan fingerprint density at radius 1 is 1.36 bits per heavy atom. The molecule has 0 aromatic carbocycles. The summed E-state index contributed by atoms with van der Waals surface area (Å²) in [5.74, 6) is 1.72. The highest BCUT2D eigenvalue weighted by atomic mass is 16.5. The Hall–Kier alpha value is -3.03. The lowest BCUT2D eigenvalue weighted by molar-refractivity contribution is 0.0785. The van der Waals surface area contributed by atoms with Crippen LogP contribution >= 0.6 is 0 Å². The van der Waals surface area contributed by atoms with Gasteiger partial charge in [-0.25, -0.2) is 0 Å². The summed E-state index contributed by atoms with van der Waals surface area (Å²) in [6.07, 6.45) is 7.78. The Bertz CT molecular complexity index is 949. The minimum absolute atomic E-state index is 0.0816. The van der Waals surface area contributed by atoms with Gasteiger partial charge in [0.1, 0.15) is 0 Å². The molecule has 1 unspecified atom stereocenters. The normalized spacial score (nSPS) is 16.6. The molecule has 0 aliphatic carbocycles. The lowest BCUT2D eigenvalue weighted by atomic mass is 10.0. The van der Waals surface area contributed by atoms with Crippen molar-refractivity contribution in [1.29, 1.82) is 0 Å². The number of aryl methyl sites for hydroxylation is 2. The molecule has 1 aliphatic heterocycles. The van der Waals surface area contributed by atoms with Crippen LogP contribution in [0.2, 0.25) is 0 Å². The Kier molecular flexibility index (Phi) is 5.18. The highest BCUT2D eigenvalue weighted by Crippen LogP contribution is 2.24. The van der Waals surface area contributed by atoms with Gasteiger partial charge in [0, 0.05) is 44.1 Å². The van der Waals surface area contributed by atoms with Crippen molar-refractivity contribution in [3.8, 4) is 11.5 Å². The van der Waals surface area contributed by atoms with E-state index in [2.05, 4.69) is 20.2 Å². The van der Waals surface area contributed by atoms with Crippen LogP contribution < -0.4 is 0 Å². The molecule has 3 aromatic heterocycles. The first-order valence-corrected chi connectivity index (χ1v) is 9.70. The van der Waals surface area contributed by atoms with Crippen LogP contribution in [-0.4, -0.2) is 48.8 Å². The van der Waals surface area contributed by atoms with Gasteiger partial charge in [-0.3, -0.25) is 14.5 Å². The number of aromatic nitrogens is 5. The smallest absolute Gasteiger partial charge is 0.259 e. The molecule has 4 rings (SSSR count). The lowest BCUT2D eigenvalue weighted by Gasteiger charge is -2.16. The number of pyridine rings is 1. The molecule has 8 nitrogen and oxygen atoms in total. The fraction of sp³-hybridized carbons (Fsp3) is 0.450. The van der Waals surface area contributed by atoms with Crippen LogP contribution in [0.4, 0.5) is 0 Å². The molecule has 0 spiro atoms. The highest BCUT2D eigenvalue weighted by Gasteiger charge is 2.29. The number of likely N-dealkylation sites (tertiary alicyclic amines) is 1. The lowest BCUT2D eigenvalue weighted by Crippen LogP contribution is -2.29. The van der Waals surface area contributed by atoms with Crippen molar-refractivity contribution in [1.82, 2.24) is 29.8 Å². The molecular formula is C20H24N6O2. The number of nitrogens with zero attached hydrogens (tertiary/aromatic N) is 6. The maximum absolute atomic E-state index is 12.8. The second kappa shape index (κ2) is 7.92. The second-order valence-electron chi connectivity index (χ2n) is 7.16. The Labute approximate surface area is 163 Å². The van der Waals surface area contributed by atoms with Crippen LogP contribution in [0.15, 0.2) is 35.2 Å². The average molecular weight is 380 g/mol. The molecule has 1 aliphatic rings. The summed E-state index contributed by atoms with van der Waals surface area (Å²) in [7, 11) is 0. The maximum Gasteiger partial charge on any atom is 0.259 e. The number of carbonyl (C=O) groups is 1. The van der Waals surface area contributed by atoms with Gasteiger partial charge in [0.2, 0.25) is 0 Å². The zero-order chi connectivity index (χ0) is 19.5. The zero-order valence-electron chi connectivity index (χ0n) is 16.2. The quantitative estimate of drug-likeness (QED) is 0.653. The molecule has 0 saturated carbocycles. The Morgan fingerprint density at radius 3 is 3.00 bits per heavy atom.